The minimum absolute atomic E-state index is 0.178. The summed E-state index contributed by atoms with van der Waals surface area (Å²) >= 11 is 5.99. The third-order valence-electron chi connectivity index (χ3n) is 2.54. The fraction of sp³-hybridized carbons (Fsp3) is 0.154. The second-order valence-corrected chi connectivity index (χ2v) is 4.20. The lowest BCUT2D eigenvalue weighted by molar-refractivity contribution is -0.139. The lowest BCUT2D eigenvalue weighted by Crippen LogP contribution is -2.30. The van der Waals surface area contributed by atoms with Gasteiger partial charge in [0.05, 0.1) is 23.2 Å². The largest absolute Gasteiger partial charge is 0.468 e. The van der Waals surface area contributed by atoms with Gasteiger partial charge in [0.25, 0.3) is 5.91 Å². The first kappa shape index (κ1) is 13.3. The van der Waals surface area contributed by atoms with E-state index in [2.05, 4.69) is 15.0 Å². The van der Waals surface area contributed by atoms with E-state index in [0.717, 1.165) is 5.39 Å². The molecule has 0 aliphatic rings. The fourth-order valence-corrected chi connectivity index (χ4v) is 1.81. The van der Waals surface area contributed by atoms with Crippen LogP contribution in [0.15, 0.2) is 30.5 Å². The summed E-state index contributed by atoms with van der Waals surface area (Å²) in [6, 6.07) is 6.99. The molecule has 1 aromatic heterocycles. The lowest BCUT2D eigenvalue weighted by Gasteiger charge is -2.05. The van der Waals surface area contributed by atoms with Gasteiger partial charge in [-0.1, -0.05) is 23.7 Å². The molecule has 98 valence electrons. The Morgan fingerprint density at radius 2 is 2.21 bits per heavy atom. The van der Waals surface area contributed by atoms with E-state index in [-0.39, 0.29) is 12.5 Å². The number of ether oxygens (including phenoxy) is 1. The molecule has 2 rings (SSSR count). The van der Waals surface area contributed by atoms with Gasteiger partial charge >= 0.3 is 5.97 Å². The van der Waals surface area contributed by atoms with Crippen LogP contribution in [0.4, 0.5) is 0 Å². The molecule has 1 aromatic carbocycles. The number of para-hydroxylation sites is 1. The van der Waals surface area contributed by atoms with Gasteiger partial charge in [-0.2, -0.15) is 0 Å². The number of carbonyl (C=O) groups excluding carboxylic acids is 2. The number of pyridine rings is 1. The van der Waals surface area contributed by atoms with Crippen LogP contribution in [0.5, 0.6) is 0 Å². The molecule has 1 heterocycles. The number of esters is 1. The zero-order valence-electron chi connectivity index (χ0n) is 10.1. The summed E-state index contributed by atoms with van der Waals surface area (Å²) in [5.74, 6) is -0.898. The Hall–Kier alpha value is -2.14. The maximum atomic E-state index is 11.8. The molecule has 0 radical (unpaired) electrons. The summed E-state index contributed by atoms with van der Waals surface area (Å²) in [6.07, 6.45) is 1.42. The van der Waals surface area contributed by atoms with Crippen LogP contribution in [0.25, 0.3) is 10.9 Å². The molecule has 19 heavy (non-hydrogen) atoms. The highest BCUT2D eigenvalue weighted by atomic mass is 35.5. The van der Waals surface area contributed by atoms with Crippen LogP contribution in [-0.2, 0) is 9.53 Å². The molecule has 0 saturated heterocycles. The molecule has 0 aliphatic carbocycles. The van der Waals surface area contributed by atoms with Gasteiger partial charge in [-0.25, -0.2) is 0 Å². The van der Waals surface area contributed by atoms with E-state index in [0.29, 0.717) is 16.1 Å². The highest BCUT2D eigenvalue weighted by Gasteiger charge is 2.10. The predicted octanol–water partition coefficient (Wildman–Crippen LogP) is 1.79. The Bertz CT molecular complexity index is 643. The molecule has 5 nitrogen and oxygen atoms in total. The summed E-state index contributed by atoms with van der Waals surface area (Å²) in [4.78, 5) is 26.9. The van der Waals surface area contributed by atoms with E-state index >= 15 is 0 Å². The van der Waals surface area contributed by atoms with Gasteiger partial charge in [0.1, 0.15) is 6.54 Å². The van der Waals surface area contributed by atoms with Crippen LogP contribution >= 0.6 is 11.6 Å². The number of benzene rings is 1. The molecule has 1 amide bonds. The zero-order chi connectivity index (χ0) is 13.8. The van der Waals surface area contributed by atoms with Gasteiger partial charge in [-0.3, -0.25) is 14.6 Å². The van der Waals surface area contributed by atoms with E-state index in [4.69, 9.17) is 11.6 Å². The molecule has 0 unspecified atom stereocenters. The monoisotopic (exact) mass is 278 g/mol. The molecule has 1 N–H and O–H groups in total. The van der Waals surface area contributed by atoms with Gasteiger partial charge in [-0.05, 0) is 12.1 Å². The van der Waals surface area contributed by atoms with Crippen LogP contribution in [-0.4, -0.2) is 30.5 Å². The second-order valence-electron chi connectivity index (χ2n) is 3.79. The average molecular weight is 279 g/mol. The maximum Gasteiger partial charge on any atom is 0.325 e. The van der Waals surface area contributed by atoms with Crippen molar-refractivity contribution in [3.05, 3.63) is 41.0 Å². The van der Waals surface area contributed by atoms with Gasteiger partial charge < -0.3 is 10.1 Å². The Balaban J connectivity index is 2.21. The molecule has 0 saturated carbocycles. The summed E-state index contributed by atoms with van der Waals surface area (Å²) < 4.78 is 4.44. The molecule has 2 aromatic rings. The van der Waals surface area contributed by atoms with Crippen molar-refractivity contribution < 1.29 is 14.3 Å². The third kappa shape index (κ3) is 3.00. The summed E-state index contributed by atoms with van der Waals surface area (Å²) in [7, 11) is 1.26. The molecule has 6 heteroatoms. The Morgan fingerprint density at radius 3 is 2.95 bits per heavy atom. The first-order valence-electron chi connectivity index (χ1n) is 5.51. The topological polar surface area (TPSA) is 68.3 Å². The van der Waals surface area contributed by atoms with Crippen molar-refractivity contribution in [3.8, 4) is 0 Å². The number of hydrogen-bond acceptors (Lipinski definition) is 4. The van der Waals surface area contributed by atoms with E-state index in [1.165, 1.54) is 13.3 Å². The minimum atomic E-state index is -0.509. The van der Waals surface area contributed by atoms with Crippen LogP contribution in [0, 0.1) is 0 Å². The molecular formula is C13H11ClN2O3. The molecule has 0 atom stereocenters. The average Bonchev–Trinajstić information content (AvgIpc) is 2.44. The first-order valence-corrected chi connectivity index (χ1v) is 5.89. The van der Waals surface area contributed by atoms with Crippen molar-refractivity contribution in [2.45, 2.75) is 0 Å². The molecule has 0 spiro atoms. The SMILES string of the molecule is COC(=O)CNC(=O)c1cnc2c(Cl)cccc2c1. The number of fused-ring (bicyclic) bond motifs is 1. The molecule has 0 fully saturated rings. The fourth-order valence-electron chi connectivity index (χ4n) is 1.57. The number of amides is 1. The summed E-state index contributed by atoms with van der Waals surface area (Å²) in [5, 5.41) is 3.73. The number of carbonyl (C=O) groups is 2. The van der Waals surface area contributed by atoms with Crippen molar-refractivity contribution in [2.75, 3.05) is 13.7 Å². The number of aromatic nitrogens is 1. The van der Waals surface area contributed by atoms with E-state index in [9.17, 15) is 9.59 Å². The summed E-state index contributed by atoms with van der Waals surface area (Å²) in [5.41, 5.74) is 0.993. The molecule has 0 bridgehead atoms. The van der Waals surface area contributed by atoms with Crippen molar-refractivity contribution in [1.82, 2.24) is 10.3 Å². The van der Waals surface area contributed by atoms with Crippen molar-refractivity contribution in [1.29, 1.82) is 0 Å². The number of nitrogens with one attached hydrogen (secondary N) is 1. The smallest absolute Gasteiger partial charge is 0.325 e. The normalized spacial score (nSPS) is 10.2. The molecule has 0 aliphatic heterocycles. The second kappa shape index (κ2) is 5.67. The summed E-state index contributed by atoms with van der Waals surface area (Å²) in [6.45, 7) is -0.178. The number of methoxy groups -OCH3 is 1. The van der Waals surface area contributed by atoms with Crippen LogP contribution < -0.4 is 5.32 Å². The van der Waals surface area contributed by atoms with Crippen LogP contribution in [0.2, 0.25) is 5.02 Å². The number of halogens is 1. The number of nitrogens with zero attached hydrogens (tertiary/aromatic N) is 1. The minimum Gasteiger partial charge on any atom is -0.468 e. The van der Waals surface area contributed by atoms with Crippen molar-refractivity contribution >= 4 is 34.4 Å². The highest BCUT2D eigenvalue weighted by Crippen LogP contribution is 2.21. The lowest BCUT2D eigenvalue weighted by atomic mass is 10.1. The van der Waals surface area contributed by atoms with Crippen LogP contribution in [0.1, 0.15) is 10.4 Å². The maximum absolute atomic E-state index is 11.8. The Kier molecular flexibility index (Phi) is 3.97. The van der Waals surface area contributed by atoms with Crippen molar-refractivity contribution in [3.63, 3.8) is 0 Å². The van der Waals surface area contributed by atoms with Crippen molar-refractivity contribution in [2.24, 2.45) is 0 Å². The number of rotatable bonds is 3. The first-order chi connectivity index (χ1) is 9.11. The number of hydrogen-bond donors (Lipinski definition) is 1. The van der Waals surface area contributed by atoms with Gasteiger partial charge in [0.15, 0.2) is 0 Å². The Labute approximate surface area is 114 Å². The van der Waals surface area contributed by atoms with Crippen LogP contribution in [0.3, 0.4) is 0 Å². The van der Waals surface area contributed by atoms with E-state index in [1.54, 1.807) is 18.2 Å². The van der Waals surface area contributed by atoms with E-state index in [1.807, 2.05) is 6.07 Å². The van der Waals surface area contributed by atoms with Gasteiger partial charge in [-0.15, -0.1) is 0 Å². The van der Waals surface area contributed by atoms with E-state index < -0.39 is 5.97 Å². The Morgan fingerprint density at radius 1 is 1.42 bits per heavy atom. The standard InChI is InChI=1S/C13H11ClN2O3/c1-19-11(17)7-16-13(18)9-5-8-3-2-4-10(14)12(8)15-6-9/h2-6H,7H2,1H3,(H,16,18). The quantitative estimate of drug-likeness (QED) is 0.869. The van der Waals surface area contributed by atoms with Gasteiger partial charge in [0.2, 0.25) is 0 Å². The third-order valence-corrected chi connectivity index (χ3v) is 2.85. The molecular weight excluding hydrogens is 268 g/mol. The van der Waals surface area contributed by atoms with Gasteiger partial charge in [0, 0.05) is 11.6 Å². The zero-order valence-corrected chi connectivity index (χ0v) is 10.9. The highest BCUT2D eigenvalue weighted by molar-refractivity contribution is 6.35. The predicted molar refractivity (Wildman–Crippen MR) is 71.1 cm³/mol.